The molecule has 1 aliphatic carbocycles. The Morgan fingerprint density at radius 2 is 2.00 bits per heavy atom. The molecule has 1 aliphatic rings. The van der Waals surface area contributed by atoms with Crippen LogP contribution in [0.5, 0.6) is 0 Å². The van der Waals surface area contributed by atoms with Gasteiger partial charge in [-0.25, -0.2) is 0 Å². The maximum Gasteiger partial charge on any atom is 0.307 e. The normalized spacial score (nSPS) is 17.1. The van der Waals surface area contributed by atoms with E-state index in [0.717, 1.165) is 11.4 Å². The number of ether oxygens (including phenoxy) is 1. The predicted molar refractivity (Wildman–Crippen MR) is 81.0 cm³/mol. The summed E-state index contributed by atoms with van der Waals surface area (Å²) in [6.07, 6.45) is 6.21. The van der Waals surface area contributed by atoms with Crippen LogP contribution in [0.15, 0.2) is 24.3 Å². The first-order valence-corrected chi connectivity index (χ1v) is 7.62. The molecule has 0 heterocycles. The van der Waals surface area contributed by atoms with E-state index in [1.165, 1.54) is 38.4 Å². The second kappa shape index (κ2) is 7.65. The lowest BCUT2D eigenvalue weighted by atomic mass is 10.0. The Kier molecular flexibility index (Phi) is 5.86. The number of hydrogen-bond donors (Lipinski definition) is 1. The molecule has 20 heavy (non-hydrogen) atoms. The molecule has 3 nitrogen and oxygen atoms in total. The minimum atomic E-state index is -0.158. The maximum absolute atomic E-state index is 11.6. The zero-order valence-electron chi connectivity index (χ0n) is 11.9. The van der Waals surface area contributed by atoms with Gasteiger partial charge < -0.3 is 10.1 Å². The molecule has 1 saturated carbocycles. The highest BCUT2D eigenvalue weighted by molar-refractivity contribution is 6.30. The minimum absolute atomic E-state index is 0.131. The lowest BCUT2D eigenvalue weighted by Crippen LogP contribution is -2.39. The molecule has 1 N–H and O–H groups in total. The van der Waals surface area contributed by atoms with Crippen molar-refractivity contribution >= 4 is 17.6 Å². The SMILES string of the molecule is COC(=O)CC(Cc1ccc(Cl)cc1)NC1CCCC1. The highest BCUT2D eigenvalue weighted by atomic mass is 35.5. The number of methoxy groups -OCH3 is 1. The van der Waals surface area contributed by atoms with Crippen molar-refractivity contribution in [3.63, 3.8) is 0 Å². The third kappa shape index (κ3) is 4.80. The van der Waals surface area contributed by atoms with Crippen LogP contribution in [0.3, 0.4) is 0 Å². The Morgan fingerprint density at radius 3 is 2.60 bits per heavy atom. The molecule has 0 aromatic heterocycles. The largest absolute Gasteiger partial charge is 0.469 e. The lowest BCUT2D eigenvalue weighted by Gasteiger charge is -2.22. The highest BCUT2D eigenvalue weighted by Crippen LogP contribution is 2.20. The van der Waals surface area contributed by atoms with Crippen molar-refractivity contribution in [3.8, 4) is 0 Å². The Morgan fingerprint density at radius 1 is 1.35 bits per heavy atom. The van der Waals surface area contributed by atoms with Crippen molar-refractivity contribution in [2.75, 3.05) is 7.11 Å². The predicted octanol–water partition coefficient (Wildman–Crippen LogP) is 3.35. The van der Waals surface area contributed by atoms with E-state index in [0.29, 0.717) is 12.5 Å². The van der Waals surface area contributed by atoms with Crippen LogP contribution >= 0.6 is 11.6 Å². The number of esters is 1. The first-order chi connectivity index (χ1) is 9.67. The van der Waals surface area contributed by atoms with Crippen LogP contribution in [0.2, 0.25) is 5.02 Å². The third-order valence-corrected chi connectivity index (χ3v) is 4.11. The molecule has 1 aromatic rings. The Bertz CT molecular complexity index is 427. The quantitative estimate of drug-likeness (QED) is 0.818. The van der Waals surface area contributed by atoms with E-state index >= 15 is 0 Å². The average molecular weight is 296 g/mol. The molecule has 110 valence electrons. The molecule has 0 bridgehead atoms. The topological polar surface area (TPSA) is 38.3 Å². The molecule has 0 radical (unpaired) electrons. The summed E-state index contributed by atoms with van der Waals surface area (Å²) in [4.78, 5) is 11.6. The van der Waals surface area contributed by atoms with Gasteiger partial charge in [-0.05, 0) is 37.0 Å². The van der Waals surface area contributed by atoms with Gasteiger partial charge in [-0.15, -0.1) is 0 Å². The van der Waals surface area contributed by atoms with Crippen LogP contribution in [0.25, 0.3) is 0 Å². The van der Waals surface area contributed by atoms with Gasteiger partial charge in [0.05, 0.1) is 13.5 Å². The third-order valence-electron chi connectivity index (χ3n) is 3.86. The van der Waals surface area contributed by atoms with E-state index in [1.54, 1.807) is 0 Å². The molecule has 0 spiro atoms. The molecule has 1 unspecified atom stereocenters. The number of benzene rings is 1. The molecule has 4 heteroatoms. The Hall–Kier alpha value is -1.06. The number of rotatable bonds is 6. The average Bonchev–Trinajstić information content (AvgIpc) is 2.94. The van der Waals surface area contributed by atoms with Crippen LogP contribution < -0.4 is 5.32 Å². The first-order valence-electron chi connectivity index (χ1n) is 7.24. The molecular weight excluding hydrogens is 274 g/mol. The van der Waals surface area contributed by atoms with E-state index in [2.05, 4.69) is 5.32 Å². The Balaban J connectivity index is 1.96. The number of carbonyl (C=O) groups is 1. The summed E-state index contributed by atoms with van der Waals surface area (Å²) in [6, 6.07) is 8.48. The summed E-state index contributed by atoms with van der Waals surface area (Å²) in [5.41, 5.74) is 1.19. The molecule has 0 saturated heterocycles. The molecular formula is C16H22ClNO2. The smallest absolute Gasteiger partial charge is 0.307 e. The fourth-order valence-electron chi connectivity index (χ4n) is 2.81. The summed E-state index contributed by atoms with van der Waals surface area (Å²) in [7, 11) is 1.44. The van der Waals surface area contributed by atoms with Gasteiger partial charge in [0.15, 0.2) is 0 Å². The first kappa shape index (κ1) is 15.3. The van der Waals surface area contributed by atoms with Gasteiger partial charge in [0.25, 0.3) is 0 Å². The number of nitrogens with one attached hydrogen (secondary N) is 1. The fraction of sp³-hybridized carbons (Fsp3) is 0.562. The summed E-state index contributed by atoms with van der Waals surface area (Å²) in [5, 5.41) is 4.35. The molecule has 0 aliphatic heterocycles. The standard InChI is InChI=1S/C16H22ClNO2/c1-20-16(19)11-15(18-14-4-2-3-5-14)10-12-6-8-13(17)9-7-12/h6-9,14-15,18H,2-5,10-11H2,1H3. The van der Waals surface area contributed by atoms with E-state index in [1.807, 2.05) is 24.3 Å². The van der Waals surface area contributed by atoms with E-state index in [4.69, 9.17) is 16.3 Å². The van der Waals surface area contributed by atoms with Crippen molar-refractivity contribution in [1.29, 1.82) is 0 Å². The van der Waals surface area contributed by atoms with Gasteiger partial charge >= 0.3 is 5.97 Å². The van der Waals surface area contributed by atoms with E-state index < -0.39 is 0 Å². The zero-order chi connectivity index (χ0) is 14.4. The van der Waals surface area contributed by atoms with E-state index in [9.17, 15) is 4.79 Å². The maximum atomic E-state index is 11.6. The fourth-order valence-corrected chi connectivity index (χ4v) is 2.93. The van der Waals surface area contributed by atoms with Crippen LogP contribution in [0.1, 0.15) is 37.7 Å². The highest BCUT2D eigenvalue weighted by Gasteiger charge is 2.21. The van der Waals surface area contributed by atoms with Crippen molar-refractivity contribution in [2.45, 2.75) is 50.6 Å². The van der Waals surface area contributed by atoms with E-state index in [-0.39, 0.29) is 12.0 Å². The minimum Gasteiger partial charge on any atom is -0.469 e. The van der Waals surface area contributed by atoms with Crippen molar-refractivity contribution in [3.05, 3.63) is 34.9 Å². The monoisotopic (exact) mass is 295 g/mol. The van der Waals surface area contributed by atoms with Crippen LogP contribution in [0.4, 0.5) is 0 Å². The molecule has 1 atom stereocenters. The molecule has 1 aromatic carbocycles. The summed E-state index contributed by atoms with van der Waals surface area (Å²) in [5.74, 6) is -0.158. The summed E-state index contributed by atoms with van der Waals surface area (Å²) in [6.45, 7) is 0. The van der Waals surface area contributed by atoms with Crippen LogP contribution in [-0.4, -0.2) is 25.2 Å². The molecule has 1 fully saturated rings. The molecule has 2 rings (SSSR count). The van der Waals surface area contributed by atoms with Gasteiger partial charge in [-0.3, -0.25) is 4.79 Å². The number of hydrogen-bond acceptors (Lipinski definition) is 3. The zero-order valence-corrected chi connectivity index (χ0v) is 12.7. The lowest BCUT2D eigenvalue weighted by molar-refractivity contribution is -0.141. The van der Waals surface area contributed by atoms with Crippen molar-refractivity contribution in [2.24, 2.45) is 0 Å². The van der Waals surface area contributed by atoms with Gasteiger partial charge in [0, 0.05) is 17.1 Å². The Labute approximate surface area is 125 Å². The molecule has 0 amide bonds. The summed E-state index contributed by atoms with van der Waals surface area (Å²) >= 11 is 5.90. The van der Waals surface area contributed by atoms with Crippen LogP contribution in [-0.2, 0) is 16.0 Å². The van der Waals surface area contributed by atoms with Crippen molar-refractivity contribution < 1.29 is 9.53 Å². The number of halogens is 1. The van der Waals surface area contributed by atoms with Crippen molar-refractivity contribution in [1.82, 2.24) is 5.32 Å². The van der Waals surface area contributed by atoms with Gasteiger partial charge in [0.2, 0.25) is 0 Å². The second-order valence-electron chi connectivity index (χ2n) is 5.46. The number of carbonyl (C=O) groups excluding carboxylic acids is 1. The van der Waals surface area contributed by atoms with Crippen LogP contribution in [0, 0.1) is 0 Å². The summed E-state index contributed by atoms with van der Waals surface area (Å²) < 4.78 is 4.80. The van der Waals surface area contributed by atoms with Gasteiger partial charge in [0.1, 0.15) is 0 Å². The van der Waals surface area contributed by atoms with Gasteiger partial charge in [-0.2, -0.15) is 0 Å². The second-order valence-corrected chi connectivity index (χ2v) is 5.89. The van der Waals surface area contributed by atoms with Gasteiger partial charge in [-0.1, -0.05) is 36.6 Å².